The fraction of sp³-hybridized carbons (Fsp3) is 0.111. The second-order valence-electron chi connectivity index (χ2n) is 4.52. The van der Waals surface area contributed by atoms with Crippen LogP contribution in [0.15, 0.2) is 72.5 Å². The molecule has 0 unspecified atom stereocenters. The number of allylic oxidation sites excluding steroid dienone is 7. The summed E-state index contributed by atoms with van der Waals surface area (Å²) in [5.41, 5.74) is 1.28. The van der Waals surface area contributed by atoms with Gasteiger partial charge in [-0.05, 0) is 6.92 Å². The molecule has 1 aromatic carbocycles. The van der Waals surface area contributed by atoms with Crippen molar-refractivity contribution >= 4 is 11.6 Å². The maximum atomic E-state index is 12.2. The number of carbonyl (C=O) groups excluding carboxylic acids is 2. The predicted octanol–water partition coefficient (Wildman–Crippen LogP) is 3.23. The lowest BCUT2D eigenvalue weighted by molar-refractivity contribution is 0.0979. The maximum Gasteiger partial charge on any atom is 0.209 e. The van der Waals surface area contributed by atoms with E-state index in [0.29, 0.717) is 23.4 Å². The molecule has 0 atom stereocenters. The Balaban J connectivity index is 1.99. The number of nitrogens with one attached hydrogen (secondary N) is 1. The Morgan fingerprint density at radius 2 is 1.71 bits per heavy atom. The van der Waals surface area contributed by atoms with Crippen LogP contribution in [0.2, 0.25) is 0 Å². The van der Waals surface area contributed by atoms with Crippen LogP contribution in [0.4, 0.5) is 0 Å². The molecule has 0 heterocycles. The van der Waals surface area contributed by atoms with Gasteiger partial charge in [-0.25, -0.2) is 0 Å². The van der Waals surface area contributed by atoms with Crippen molar-refractivity contribution in [1.29, 1.82) is 0 Å². The van der Waals surface area contributed by atoms with Crippen LogP contribution < -0.4 is 5.32 Å². The first kappa shape index (κ1) is 14.7. The fourth-order valence-corrected chi connectivity index (χ4v) is 2.00. The number of hydrogen-bond acceptors (Lipinski definition) is 3. The third kappa shape index (κ3) is 3.66. The summed E-state index contributed by atoms with van der Waals surface area (Å²) in [5.74, 6) is -0.271. The largest absolute Gasteiger partial charge is 0.378 e. The molecule has 0 radical (unpaired) electrons. The standard InChI is InChI=1S/C18H17NO2/c1-2-3-4-5-6-9-12-19-16-13-17(20)14-10-7-8-11-15(14)18(16)21/h2-11,13,19H,12H2,1H3/b3-2-,5-4+,9-6-. The molecule has 0 saturated heterocycles. The second kappa shape index (κ2) is 7.20. The summed E-state index contributed by atoms with van der Waals surface area (Å²) in [4.78, 5) is 24.2. The van der Waals surface area contributed by atoms with Crippen molar-refractivity contribution in [3.63, 3.8) is 0 Å². The van der Waals surface area contributed by atoms with Crippen molar-refractivity contribution < 1.29 is 9.59 Å². The average molecular weight is 279 g/mol. The molecule has 1 aliphatic carbocycles. The quantitative estimate of drug-likeness (QED) is 0.842. The van der Waals surface area contributed by atoms with Crippen molar-refractivity contribution in [3.8, 4) is 0 Å². The highest BCUT2D eigenvalue weighted by Gasteiger charge is 2.24. The number of Topliss-reactive ketones (excluding diaryl/α,β-unsaturated/α-hetero) is 1. The number of hydrogen-bond donors (Lipinski definition) is 1. The molecule has 0 aliphatic heterocycles. The highest BCUT2D eigenvalue weighted by molar-refractivity contribution is 6.24. The monoisotopic (exact) mass is 279 g/mol. The van der Waals surface area contributed by atoms with E-state index in [-0.39, 0.29) is 11.6 Å². The zero-order chi connectivity index (χ0) is 15.1. The van der Waals surface area contributed by atoms with E-state index in [0.717, 1.165) is 0 Å². The minimum Gasteiger partial charge on any atom is -0.378 e. The summed E-state index contributed by atoms with van der Waals surface area (Å²) in [6, 6.07) is 6.88. The molecular formula is C18H17NO2. The second-order valence-corrected chi connectivity index (χ2v) is 4.52. The summed E-state index contributed by atoms with van der Waals surface area (Å²) >= 11 is 0. The number of benzene rings is 1. The summed E-state index contributed by atoms with van der Waals surface area (Å²) in [5, 5.41) is 2.99. The zero-order valence-electron chi connectivity index (χ0n) is 11.9. The smallest absolute Gasteiger partial charge is 0.209 e. The molecule has 0 spiro atoms. The molecule has 1 aliphatic rings. The van der Waals surface area contributed by atoms with E-state index in [1.165, 1.54) is 6.08 Å². The topological polar surface area (TPSA) is 46.2 Å². The molecule has 3 nitrogen and oxygen atoms in total. The first-order valence-corrected chi connectivity index (χ1v) is 6.82. The Labute approximate surface area is 124 Å². The van der Waals surface area contributed by atoms with Crippen LogP contribution in [0.25, 0.3) is 0 Å². The van der Waals surface area contributed by atoms with Crippen molar-refractivity contribution in [2.75, 3.05) is 6.54 Å². The van der Waals surface area contributed by atoms with Gasteiger partial charge in [0, 0.05) is 23.7 Å². The molecule has 0 fully saturated rings. The van der Waals surface area contributed by atoms with Crippen LogP contribution >= 0.6 is 0 Å². The molecule has 0 amide bonds. The van der Waals surface area contributed by atoms with E-state index in [1.807, 2.05) is 43.4 Å². The Kier molecular flexibility index (Phi) is 5.04. The first-order valence-electron chi connectivity index (χ1n) is 6.82. The van der Waals surface area contributed by atoms with Gasteiger partial charge in [0.1, 0.15) is 0 Å². The third-order valence-corrected chi connectivity index (χ3v) is 3.03. The van der Waals surface area contributed by atoms with Gasteiger partial charge in [0.2, 0.25) is 5.78 Å². The van der Waals surface area contributed by atoms with E-state index in [4.69, 9.17) is 0 Å². The van der Waals surface area contributed by atoms with Gasteiger partial charge in [-0.3, -0.25) is 9.59 Å². The highest BCUT2D eigenvalue weighted by atomic mass is 16.1. The Hall–Kier alpha value is -2.68. The normalized spacial score (nSPS) is 15.0. The fourth-order valence-electron chi connectivity index (χ4n) is 2.00. The van der Waals surface area contributed by atoms with Gasteiger partial charge < -0.3 is 5.32 Å². The predicted molar refractivity (Wildman–Crippen MR) is 84.3 cm³/mol. The van der Waals surface area contributed by atoms with Crippen molar-refractivity contribution in [1.82, 2.24) is 5.32 Å². The minimum atomic E-state index is -0.136. The van der Waals surface area contributed by atoms with Crippen LogP contribution in [0, 0.1) is 0 Å². The van der Waals surface area contributed by atoms with Crippen molar-refractivity contribution in [2.24, 2.45) is 0 Å². The average Bonchev–Trinajstić information content (AvgIpc) is 2.51. The molecule has 2 rings (SSSR count). The van der Waals surface area contributed by atoms with Crippen molar-refractivity contribution in [2.45, 2.75) is 6.92 Å². The SMILES string of the molecule is C\C=C/C=C/C=C\CNC1=CC(=O)c2ccccc2C1=O. The summed E-state index contributed by atoms with van der Waals surface area (Å²) in [6.07, 6.45) is 12.8. The lowest BCUT2D eigenvalue weighted by Crippen LogP contribution is -2.26. The van der Waals surface area contributed by atoms with Gasteiger partial charge in [-0.2, -0.15) is 0 Å². The summed E-state index contributed by atoms with van der Waals surface area (Å²) in [7, 11) is 0. The van der Waals surface area contributed by atoms with Gasteiger partial charge in [-0.15, -0.1) is 0 Å². The number of carbonyl (C=O) groups is 2. The third-order valence-electron chi connectivity index (χ3n) is 3.03. The maximum absolute atomic E-state index is 12.2. The lowest BCUT2D eigenvalue weighted by atomic mass is 9.93. The van der Waals surface area contributed by atoms with Gasteiger partial charge in [0.15, 0.2) is 5.78 Å². The molecule has 0 aromatic heterocycles. The zero-order valence-corrected chi connectivity index (χ0v) is 11.9. The Morgan fingerprint density at radius 3 is 2.48 bits per heavy atom. The van der Waals surface area contributed by atoms with E-state index < -0.39 is 0 Å². The molecule has 1 N–H and O–H groups in total. The van der Waals surface area contributed by atoms with Gasteiger partial charge in [0.25, 0.3) is 0 Å². The van der Waals surface area contributed by atoms with Crippen molar-refractivity contribution in [3.05, 3.63) is 83.6 Å². The van der Waals surface area contributed by atoms with Gasteiger partial charge >= 0.3 is 0 Å². The molecule has 0 saturated carbocycles. The van der Waals surface area contributed by atoms with E-state index >= 15 is 0 Å². The lowest BCUT2D eigenvalue weighted by Gasteiger charge is -2.15. The van der Waals surface area contributed by atoms with Gasteiger partial charge in [-0.1, -0.05) is 60.7 Å². The molecule has 21 heavy (non-hydrogen) atoms. The van der Waals surface area contributed by atoms with E-state index in [2.05, 4.69) is 5.32 Å². The van der Waals surface area contributed by atoms with Crippen LogP contribution in [0.1, 0.15) is 27.6 Å². The molecule has 0 bridgehead atoms. The number of fused-ring (bicyclic) bond motifs is 1. The molecule has 3 heteroatoms. The van der Waals surface area contributed by atoms with Crippen LogP contribution in [-0.2, 0) is 0 Å². The van der Waals surface area contributed by atoms with Gasteiger partial charge in [0.05, 0.1) is 5.70 Å². The van der Waals surface area contributed by atoms with E-state index in [9.17, 15) is 9.59 Å². The summed E-state index contributed by atoms with van der Waals surface area (Å²) in [6.45, 7) is 2.44. The number of rotatable bonds is 5. The highest BCUT2D eigenvalue weighted by Crippen LogP contribution is 2.19. The minimum absolute atomic E-state index is 0.135. The molecular weight excluding hydrogens is 262 g/mol. The first-order chi connectivity index (χ1) is 10.2. The molecule has 1 aromatic rings. The van der Waals surface area contributed by atoms with Crippen LogP contribution in [0.3, 0.4) is 0 Å². The Morgan fingerprint density at radius 1 is 1.00 bits per heavy atom. The summed E-state index contributed by atoms with van der Waals surface area (Å²) < 4.78 is 0. The Bertz CT molecular complexity index is 664. The van der Waals surface area contributed by atoms with Crippen LogP contribution in [-0.4, -0.2) is 18.1 Å². The number of ketones is 2. The van der Waals surface area contributed by atoms with Crippen LogP contribution in [0.5, 0.6) is 0 Å². The molecule has 106 valence electrons. The van der Waals surface area contributed by atoms with E-state index in [1.54, 1.807) is 24.3 Å².